The van der Waals surface area contributed by atoms with Crippen LogP contribution in [0.5, 0.6) is 0 Å². The van der Waals surface area contributed by atoms with Gasteiger partial charge in [-0.25, -0.2) is 5.01 Å². The molecular weight excluding hydrogens is 318 g/mol. The number of hydrogen-bond donors (Lipinski definition) is 1. The zero-order valence-electron chi connectivity index (χ0n) is 14.8. The molecule has 0 aliphatic carbocycles. The van der Waals surface area contributed by atoms with E-state index in [1.54, 1.807) is 17.8 Å². The smallest absolute Gasteiger partial charge is 0.273 e. The molecule has 1 N–H and O–H groups in total. The van der Waals surface area contributed by atoms with Gasteiger partial charge in [-0.1, -0.05) is 12.1 Å². The van der Waals surface area contributed by atoms with Crippen molar-refractivity contribution in [2.75, 3.05) is 10.3 Å². The van der Waals surface area contributed by atoms with E-state index in [0.717, 1.165) is 16.8 Å². The van der Waals surface area contributed by atoms with Crippen molar-refractivity contribution in [3.05, 3.63) is 41.1 Å². The summed E-state index contributed by atoms with van der Waals surface area (Å²) in [5.74, 6) is 0.174. The Morgan fingerprint density at radius 1 is 1.16 bits per heavy atom. The normalized spacial score (nSPS) is 14.5. The first kappa shape index (κ1) is 16.9. The molecule has 0 bridgehead atoms. The molecule has 0 radical (unpaired) electrons. The van der Waals surface area contributed by atoms with E-state index in [-0.39, 0.29) is 18.2 Å². The summed E-state index contributed by atoms with van der Waals surface area (Å²) >= 11 is 0. The Labute approximate surface area is 146 Å². The summed E-state index contributed by atoms with van der Waals surface area (Å²) in [6.45, 7) is 5.73. The maximum Gasteiger partial charge on any atom is 0.273 e. The molecule has 2 aromatic rings. The number of nitrogens with zero attached hydrogens (tertiary/aromatic N) is 4. The lowest BCUT2D eigenvalue weighted by molar-refractivity contribution is -0.118. The quantitative estimate of drug-likeness (QED) is 0.933. The molecule has 0 unspecified atom stereocenters. The average molecular weight is 339 g/mol. The van der Waals surface area contributed by atoms with Crippen molar-refractivity contribution in [1.29, 1.82) is 0 Å². The van der Waals surface area contributed by atoms with Gasteiger partial charge in [0, 0.05) is 26.0 Å². The van der Waals surface area contributed by atoms with Crippen LogP contribution < -0.4 is 10.3 Å². The van der Waals surface area contributed by atoms with Crippen molar-refractivity contribution >= 4 is 29.0 Å². The van der Waals surface area contributed by atoms with Crippen LogP contribution in [0.25, 0.3) is 0 Å². The highest BCUT2D eigenvalue weighted by molar-refractivity contribution is 6.44. The van der Waals surface area contributed by atoms with Crippen LogP contribution in [0, 0.1) is 20.8 Å². The van der Waals surface area contributed by atoms with Gasteiger partial charge in [0.05, 0.1) is 11.4 Å². The molecule has 7 nitrogen and oxygen atoms in total. The van der Waals surface area contributed by atoms with Gasteiger partial charge >= 0.3 is 0 Å². The van der Waals surface area contributed by atoms with Gasteiger partial charge in [0.25, 0.3) is 5.91 Å². The van der Waals surface area contributed by atoms with Crippen LogP contribution in [-0.4, -0.2) is 27.3 Å². The fraction of sp³-hybridized carbons (Fsp3) is 0.333. The Bertz CT molecular complexity index is 882. The average Bonchev–Trinajstić information content (AvgIpc) is 2.87. The number of hydrogen-bond acceptors (Lipinski definition) is 4. The summed E-state index contributed by atoms with van der Waals surface area (Å²) in [7, 11) is 1.76. The predicted octanol–water partition coefficient (Wildman–Crippen LogP) is 2.47. The van der Waals surface area contributed by atoms with E-state index in [4.69, 9.17) is 0 Å². The minimum atomic E-state index is -0.314. The summed E-state index contributed by atoms with van der Waals surface area (Å²) in [6.07, 6.45) is 0.576. The molecule has 2 amide bonds. The fourth-order valence-corrected chi connectivity index (χ4v) is 2.77. The minimum absolute atomic E-state index is 0.110. The Kier molecular flexibility index (Phi) is 4.39. The summed E-state index contributed by atoms with van der Waals surface area (Å²) in [4.78, 5) is 24.9. The number of aromatic nitrogens is 2. The second-order valence-electron chi connectivity index (χ2n) is 6.29. The number of anilines is 2. The van der Waals surface area contributed by atoms with Crippen molar-refractivity contribution in [3.63, 3.8) is 0 Å². The largest absolute Gasteiger partial charge is 0.306 e. The maximum atomic E-state index is 12.5. The molecule has 0 atom stereocenters. The Balaban J connectivity index is 1.89. The molecule has 7 heteroatoms. The minimum Gasteiger partial charge on any atom is -0.306 e. The van der Waals surface area contributed by atoms with E-state index in [1.165, 1.54) is 5.01 Å². The number of benzene rings is 1. The molecule has 0 spiro atoms. The highest BCUT2D eigenvalue weighted by atomic mass is 16.2. The van der Waals surface area contributed by atoms with Gasteiger partial charge in [0.15, 0.2) is 0 Å². The lowest BCUT2D eigenvalue weighted by Gasteiger charge is -2.24. The lowest BCUT2D eigenvalue weighted by atomic mass is 10.1. The van der Waals surface area contributed by atoms with Crippen molar-refractivity contribution in [1.82, 2.24) is 9.78 Å². The second-order valence-corrected chi connectivity index (χ2v) is 6.29. The third kappa shape index (κ3) is 3.45. The molecule has 0 fully saturated rings. The zero-order valence-corrected chi connectivity index (χ0v) is 14.8. The van der Waals surface area contributed by atoms with Gasteiger partial charge in [-0.15, -0.1) is 0 Å². The van der Waals surface area contributed by atoms with Crippen molar-refractivity contribution in [2.24, 2.45) is 12.1 Å². The van der Waals surface area contributed by atoms with Gasteiger partial charge in [-0.3, -0.25) is 14.3 Å². The van der Waals surface area contributed by atoms with Crippen LogP contribution in [0.3, 0.4) is 0 Å². The molecule has 1 aliphatic rings. The van der Waals surface area contributed by atoms with E-state index in [0.29, 0.717) is 23.6 Å². The maximum absolute atomic E-state index is 12.5. The van der Waals surface area contributed by atoms with Crippen molar-refractivity contribution < 1.29 is 9.59 Å². The second kappa shape index (κ2) is 6.51. The van der Waals surface area contributed by atoms with Crippen LogP contribution in [-0.2, 0) is 16.6 Å². The summed E-state index contributed by atoms with van der Waals surface area (Å²) < 4.78 is 1.60. The van der Waals surface area contributed by atoms with Crippen LogP contribution >= 0.6 is 0 Å². The summed E-state index contributed by atoms with van der Waals surface area (Å²) in [5, 5.41) is 12.7. The van der Waals surface area contributed by atoms with Gasteiger partial charge in [0.2, 0.25) is 5.91 Å². The summed E-state index contributed by atoms with van der Waals surface area (Å²) in [5.41, 5.74) is 3.83. The van der Waals surface area contributed by atoms with Gasteiger partial charge in [0.1, 0.15) is 11.5 Å². The molecule has 1 aliphatic heterocycles. The molecule has 1 aromatic carbocycles. The molecule has 130 valence electrons. The van der Waals surface area contributed by atoms with E-state index in [2.05, 4.69) is 15.5 Å². The first-order chi connectivity index (χ1) is 11.8. The number of amides is 2. The van der Waals surface area contributed by atoms with E-state index in [9.17, 15) is 9.59 Å². The van der Waals surface area contributed by atoms with Crippen LogP contribution in [0.15, 0.2) is 29.4 Å². The van der Waals surface area contributed by atoms with E-state index >= 15 is 0 Å². The van der Waals surface area contributed by atoms with Crippen molar-refractivity contribution in [2.45, 2.75) is 33.6 Å². The van der Waals surface area contributed by atoms with E-state index in [1.807, 2.05) is 39.0 Å². The van der Waals surface area contributed by atoms with Gasteiger partial charge in [-0.05, 0) is 38.0 Å². The Morgan fingerprint density at radius 3 is 2.60 bits per heavy atom. The molecule has 1 aromatic heterocycles. The first-order valence-electron chi connectivity index (χ1n) is 8.15. The number of rotatable bonds is 3. The number of hydrazone groups is 1. The SMILES string of the molecule is Cc1ccc(C)c(N2N=C(C(=O)Nc3cc(C)nn3C)CCC2=O)c1. The lowest BCUT2D eigenvalue weighted by Crippen LogP contribution is -2.36. The number of aryl methyl sites for hydroxylation is 4. The number of nitrogens with one attached hydrogen (secondary N) is 1. The third-order valence-corrected chi connectivity index (χ3v) is 4.13. The fourth-order valence-electron chi connectivity index (χ4n) is 2.77. The van der Waals surface area contributed by atoms with Crippen molar-refractivity contribution in [3.8, 4) is 0 Å². The topological polar surface area (TPSA) is 79.6 Å². The van der Waals surface area contributed by atoms with Gasteiger partial charge < -0.3 is 5.32 Å². The molecule has 2 heterocycles. The number of carbonyl (C=O) groups is 2. The standard InChI is InChI=1S/C18H21N5O2/c1-11-5-6-12(2)15(9-11)23-17(24)8-7-14(21-23)18(25)19-16-10-13(3)20-22(16)4/h5-6,9-10H,7-8H2,1-4H3,(H,19,25). The van der Waals surface area contributed by atoms with Crippen LogP contribution in [0.1, 0.15) is 29.7 Å². The zero-order chi connectivity index (χ0) is 18.1. The Morgan fingerprint density at radius 2 is 1.92 bits per heavy atom. The molecule has 0 saturated heterocycles. The summed E-state index contributed by atoms with van der Waals surface area (Å²) in [6, 6.07) is 7.62. The molecular formula is C18H21N5O2. The first-order valence-corrected chi connectivity index (χ1v) is 8.15. The van der Waals surface area contributed by atoms with E-state index < -0.39 is 0 Å². The highest BCUT2D eigenvalue weighted by Crippen LogP contribution is 2.25. The third-order valence-electron chi connectivity index (χ3n) is 4.13. The molecule has 3 rings (SSSR count). The van der Waals surface area contributed by atoms with Crippen LogP contribution in [0.2, 0.25) is 0 Å². The van der Waals surface area contributed by atoms with Crippen LogP contribution in [0.4, 0.5) is 11.5 Å². The van der Waals surface area contributed by atoms with Gasteiger partial charge in [-0.2, -0.15) is 10.2 Å². The highest BCUT2D eigenvalue weighted by Gasteiger charge is 2.27. The molecule has 0 saturated carbocycles. The Hall–Kier alpha value is -2.96. The molecule has 25 heavy (non-hydrogen) atoms. The number of carbonyl (C=O) groups excluding carboxylic acids is 2. The predicted molar refractivity (Wildman–Crippen MR) is 96.6 cm³/mol. The monoisotopic (exact) mass is 339 g/mol.